The first-order valence-corrected chi connectivity index (χ1v) is 9.55. The van der Waals surface area contributed by atoms with Crippen LogP contribution in [0.25, 0.3) is 6.08 Å². The van der Waals surface area contributed by atoms with E-state index in [0.717, 1.165) is 5.56 Å². The van der Waals surface area contributed by atoms with Gasteiger partial charge in [-0.3, -0.25) is 14.4 Å². The molecule has 0 fully saturated rings. The standard InChI is InChI=1S/C23H27N3O5/c1-15(27)24-19(12-17-8-11-20(30-4)21(13-17)31-5)23(29)25-18-9-6-16(7-10-18)14-22(28)26(2)3/h6-13H,14H2,1-5H3,(H,24,27)(H,25,29)/b19-12-. The van der Waals surface area contributed by atoms with Gasteiger partial charge in [-0.05, 0) is 41.5 Å². The summed E-state index contributed by atoms with van der Waals surface area (Å²) in [6, 6.07) is 12.1. The fraction of sp³-hybridized carbons (Fsp3) is 0.261. The Morgan fingerprint density at radius 2 is 1.61 bits per heavy atom. The normalized spacial score (nSPS) is 10.8. The van der Waals surface area contributed by atoms with Crippen molar-refractivity contribution in [3.8, 4) is 11.5 Å². The molecular weight excluding hydrogens is 398 g/mol. The summed E-state index contributed by atoms with van der Waals surface area (Å²) >= 11 is 0. The van der Waals surface area contributed by atoms with Gasteiger partial charge in [0.15, 0.2) is 11.5 Å². The van der Waals surface area contributed by atoms with Gasteiger partial charge in [0, 0.05) is 26.7 Å². The summed E-state index contributed by atoms with van der Waals surface area (Å²) in [5.41, 5.74) is 2.09. The Labute approximate surface area is 181 Å². The van der Waals surface area contributed by atoms with Crippen molar-refractivity contribution < 1.29 is 23.9 Å². The van der Waals surface area contributed by atoms with Gasteiger partial charge in [0.05, 0.1) is 20.6 Å². The fourth-order valence-corrected chi connectivity index (χ4v) is 2.69. The lowest BCUT2D eigenvalue weighted by molar-refractivity contribution is -0.128. The van der Waals surface area contributed by atoms with Crippen LogP contribution in [0.15, 0.2) is 48.2 Å². The van der Waals surface area contributed by atoms with Crippen molar-refractivity contribution in [1.29, 1.82) is 0 Å². The first kappa shape index (κ1) is 23.5. The van der Waals surface area contributed by atoms with Crippen LogP contribution in [0.2, 0.25) is 0 Å². The molecule has 164 valence electrons. The Hall–Kier alpha value is -3.81. The van der Waals surface area contributed by atoms with Gasteiger partial charge in [0.1, 0.15) is 5.70 Å². The maximum atomic E-state index is 12.8. The SMILES string of the molecule is COc1ccc(/C=C(\NC(C)=O)C(=O)Nc2ccc(CC(=O)N(C)C)cc2)cc1OC. The zero-order valence-corrected chi connectivity index (χ0v) is 18.3. The van der Waals surface area contributed by atoms with Crippen LogP contribution in [-0.2, 0) is 20.8 Å². The highest BCUT2D eigenvalue weighted by molar-refractivity contribution is 6.08. The van der Waals surface area contributed by atoms with E-state index in [1.165, 1.54) is 26.0 Å². The number of carbonyl (C=O) groups is 3. The Morgan fingerprint density at radius 1 is 0.968 bits per heavy atom. The Morgan fingerprint density at radius 3 is 2.16 bits per heavy atom. The molecule has 0 saturated carbocycles. The van der Waals surface area contributed by atoms with Crippen LogP contribution in [0, 0.1) is 0 Å². The molecule has 2 aromatic rings. The van der Waals surface area contributed by atoms with Crippen LogP contribution in [0.1, 0.15) is 18.1 Å². The van der Waals surface area contributed by atoms with Crippen LogP contribution in [0.5, 0.6) is 11.5 Å². The largest absolute Gasteiger partial charge is 0.493 e. The van der Waals surface area contributed by atoms with E-state index in [4.69, 9.17) is 9.47 Å². The predicted molar refractivity (Wildman–Crippen MR) is 119 cm³/mol. The lowest BCUT2D eigenvalue weighted by Crippen LogP contribution is -2.29. The van der Waals surface area contributed by atoms with Crippen molar-refractivity contribution in [3.63, 3.8) is 0 Å². The number of nitrogens with one attached hydrogen (secondary N) is 2. The topological polar surface area (TPSA) is 97.0 Å². The molecule has 0 aromatic heterocycles. The molecule has 2 aromatic carbocycles. The number of hydrogen-bond donors (Lipinski definition) is 2. The van der Waals surface area contributed by atoms with E-state index in [9.17, 15) is 14.4 Å². The van der Waals surface area contributed by atoms with E-state index >= 15 is 0 Å². The molecule has 0 spiro atoms. The zero-order chi connectivity index (χ0) is 23.0. The summed E-state index contributed by atoms with van der Waals surface area (Å²) in [4.78, 5) is 37.7. The number of rotatable bonds is 8. The van der Waals surface area contributed by atoms with Crippen molar-refractivity contribution >= 4 is 29.5 Å². The average molecular weight is 425 g/mol. The number of anilines is 1. The number of nitrogens with zero attached hydrogens (tertiary/aromatic N) is 1. The lowest BCUT2D eigenvalue weighted by atomic mass is 10.1. The molecule has 2 N–H and O–H groups in total. The van der Waals surface area contributed by atoms with Crippen LogP contribution >= 0.6 is 0 Å². The fourth-order valence-electron chi connectivity index (χ4n) is 2.69. The monoisotopic (exact) mass is 425 g/mol. The van der Waals surface area contributed by atoms with Gasteiger partial charge < -0.3 is 25.0 Å². The third-order valence-electron chi connectivity index (χ3n) is 4.34. The first-order chi connectivity index (χ1) is 14.7. The second kappa shape index (κ2) is 10.8. The molecule has 8 nitrogen and oxygen atoms in total. The Kier molecular flexibility index (Phi) is 8.19. The minimum atomic E-state index is -0.484. The highest BCUT2D eigenvalue weighted by atomic mass is 16.5. The summed E-state index contributed by atoms with van der Waals surface area (Å²) in [6.07, 6.45) is 1.82. The molecule has 0 saturated heterocycles. The highest BCUT2D eigenvalue weighted by Crippen LogP contribution is 2.28. The van der Waals surface area contributed by atoms with Gasteiger partial charge >= 0.3 is 0 Å². The van der Waals surface area contributed by atoms with Gasteiger partial charge in [-0.15, -0.1) is 0 Å². The Balaban J connectivity index is 2.21. The lowest BCUT2D eigenvalue weighted by Gasteiger charge is -2.12. The smallest absolute Gasteiger partial charge is 0.272 e. The number of ether oxygens (including phenoxy) is 2. The molecule has 0 aliphatic rings. The van der Waals surface area contributed by atoms with Crippen molar-refractivity contribution in [3.05, 3.63) is 59.3 Å². The van der Waals surface area contributed by atoms with E-state index in [2.05, 4.69) is 10.6 Å². The van der Waals surface area contributed by atoms with E-state index in [-0.39, 0.29) is 23.9 Å². The average Bonchev–Trinajstić information content (AvgIpc) is 2.74. The molecular formula is C23H27N3O5. The van der Waals surface area contributed by atoms with Crippen molar-refractivity contribution in [2.75, 3.05) is 33.6 Å². The molecule has 8 heteroatoms. The minimum absolute atomic E-state index is 0.0115. The van der Waals surface area contributed by atoms with Crippen molar-refractivity contribution in [2.45, 2.75) is 13.3 Å². The molecule has 2 rings (SSSR count). The van der Waals surface area contributed by atoms with Crippen molar-refractivity contribution in [1.82, 2.24) is 10.2 Å². The van der Waals surface area contributed by atoms with Crippen LogP contribution in [0.4, 0.5) is 5.69 Å². The molecule has 3 amide bonds. The predicted octanol–water partition coefficient (Wildman–Crippen LogP) is 2.45. The van der Waals surface area contributed by atoms with E-state index in [1.807, 2.05) is 0 Å². The first-order valence-electron chi connectivity index (χ1n) is 9.55. The second-order valence-corrected chi connectivity index (χ2v) is 6.97. The van der Waals surface area contributed by atoms with E-state index < -0.39 is 5.91 Å². The van der Waals surface area contributed by atoms with Crippen LogP contribution in [-0.4, -0.2) is 50.9 Å². The third kappa shape index (κ3) is 6.88. The minimum Gasteiger partial charge on any atom is -0.493 e. The molecule has 0 bridgehead atoms. The van der Waals surface area contributed by atoms with Gasteiger partial charge in [-0.25, -0.2) is 0 Å². The molecule has 0 unspecified atom stereocenters. The van der Waals surface area contributed by atoms with Gasteiger partial charge in [0.2, 0.25) is 11.8 Å². The van der Waals surface area contributed by atoms with Crippen LogP contribution in [0.3, 0.4) is 0 Å². The number of methoxy groups -OCH3 is 2. The second-order valence-electron chi connectivity index (χ2n) is 6.97. The molecule has 0 aliphatic carbocycles. The van der Waals surface area contributed by atoms with Crippen molar-refractivity contribution in [2.24, 2.45) is 0 Å². The quantitative estimate of drug-likeness (QED) is 0.634. The van der Waals surface area contributed by atoms with Crippen LogP contribution < -0.4 is 20.1 Å². The number of hydrogen-bond acceptors (Lipinski definition) is 5. The summed E-state index contributed by atoms with van der Waals surface area (Å²) < 4.78 is 10.5. The maximum Gasteiger partial charge on any atom is 0.272 e. The molecule has 31 heavy (non-hydrogen) atoms. The third-order valence-corrected chi connectivity index (χ3v) is 4.34. The number of benzene rings is 2. The number of likely N-dealkylation sites (N-methyl/N-ethyl adjacent to an activating group) is 1. The van der Waals surface area contributed by atoms with E-state index in [1.54, 1.807) is 62.6 Å². The highest BCUT2D eigenvalue weighted by Gasteiger charge is 2.13. The van der Waals surface area contributed by atoms with Gasteiger partial charge in [-0.1, -0.05) is 18.2 Å². The summed E-state index contributed by atoms with van der Waals surface area (Å²) in [5, 5.41) is 5.30. The summed E-state index contributed by atoms with van der Waals surface area (Å²) in [6.45, 7) is 1.33. The summed E-state index contributed by atoms with van der Waals surface area (Å²) in [5.74, 6) is 0.184. The number of amides is 3. The number of carbonyl (C=O) groups excluding carboxylic acids is 3. The molecule has 0 heterocycles. The van der Waals surface area contributed by atoms with Gasteiger partial charge in [0.25, 0.3) is 5.91 Å². The molecule has 0 radical (unpaired) electrons. The summed E-state index contributed by atoms with van der Waals surface area (Å²) in [7, 11) is 6.45. The maximum absolute atomic E-state index is 12.8. The van der Waals surface area contributed by atoms with Gasteiger partial charge in [-0.2, -0.15) is 0 Å². The molecule has 0 aliphatic heterocycles. The van der Waals surface area contributed by atoms with E-state index in [0.29, 0.717) is 22.7 Å². The Bertz CT molecular complexity index is 981. The zero-order valence-electron chi connectivity index (χ0n) is 18.3. The molecule has 0 atom stereocenters.